The van der Waals surface area contributed by atoms with E-state index in [9.17, 15) is 4.79 Å². The Bertz CT molecular complexity index is 999. The second-order valence-corrected chi connectivity index (χ2v) is 8.21. The van der Waals surface area contributed by atoms with E-state index >= 15 is 0 Å². The lowest BCUT2D eigenvalue weighted by Gasteiger charge is -2.11. The van der Waals surface area contributed by atoms with Gasteiger partial charge in [0.25, 0.3) is 0 Å². The maximum absolute atomic E-state index is 12.1. The van der Waals surface area contributed by atoms with Gasteiger partial charge in [-0.15, -0.1) is 11.8 Å². The number of thioether (sulfide) groups is 1. The van der Waals surface area contributed by atoms with Crippen molar-refractivity contribution in [3.8, 4) is 0 Å². The van der Waals surface area contributed by atoms with Crippen molar-refractivity contribution >= 4 is 75.3 Å². The molecule has 0 saturated carbocycles. The maximum atomic E-state index is 12.1. The maximum Gasteiger partial charge on any atom is 0.234 e. The second kappa shape index (κ2) is 10.5. The molecule has 3 aromatic rings. The Balaban J connectivity index is 1.46. The number of carbonyl (C=O) groups is 1. The van der Waals surface area contributed by atoms with Crippen LogP contribution in [-0.4, -0.2) is 16.8 Å². The van der Waals surface area contributed by atoms with Gasteiger partial charge in [-0.2, -0.15) is 0 Å². The van der Waals surface area contributed by atoms with Crippen LogP contribution >= 0.6 is 47.2 Å². The minimum absolute atomic E-state index is 0.121. The van der Waals surface area contributed by atoms with Gasteiger partial charge in [0.05, 0.1) is 15.8 Å². The standard InChI is InChI=1S/C21H17Cl2N3OS2/c22-18-11-8-16(12-19(18)23)24-20(27)13-29-17-9-6-15(7-10-17)26-21(28)25-14-4-2-1-3-5-14/h1-12H,13H2,(H,24,27)(H2,25,26,28). The number of halogens is 2. The zero-order valence-electron chi connectivity index (χ0n) is 15.1. The SMILES string of the molecule is O=C(CSc1ccc(NC(=S)Nc2ccccc2)cc1)Nc1ccc(Cl)c(Cl)c1. The topological polar surface area (TPSA) is 53.2 Å². The minimum Gasteiger partial charge on any atom is -0.332 e. The van der Waals surface area contributed by atoms with Gasteiger partial charge < -0.3 is 16.0 Å². The molecule has 0 spiro atoms. The quantitative estimate of drug-likeness (QED) is 0.287. The summed E-state index contributed by atoms with van der Waals surface area (Å²) >= 11 is 18.6. The number of rotatable bonds is 6. The van der Waals surface area contributed by atoms with Crippen LogP contribution in [-0.2, 0) is 4.79 Å². The van der Waals surface area contributed by atoms with Gasteiger partial charge >= 0.3 is 0 Å². The summed E-state index contributed by atoms with van der Waals surface area (Å²) in [7, 11) is 0. The third-order valence-electron chi connectivity index (χ3n) is 3.72. The van der Waals surface area contributed by atoms with Crippen molar-refractivity contribution in [2.24, 2.45) is 0 Å². The number of anilines is 3. The Hall–Kier alpha value is -2.25. The fraction of sp³-hybridized carbons (Fsp3) is 0.0476. The van der Waals surface area contributed by atoms with Crippen LogP contribution in [0.5, 0.6) is 0 Å². The predicted molar refractivity (Wildman–Crippen MR) is 129 cm³/mol. The van der Waals surface area contributed by atoms with Crippen molar-refractivity contribution in [3.05, 3.63) is 82.8 Å². The summed E-state index contributed by atoms with van der Waals surface area (Å²) < 4.78 is 0. The van der Waals surface area contributed by atoms with Gasteiger partial charge in [0.2, 0.25) is 5.91 Å². The molecule has 0 atom stereocenters. The molecular formula is C21H17Cl2N3OS2. The van der Waals surface area contributed by atoms with Gasteiger partial charge in [-0.1, -0.05) is 41.4 Å². The monoisotopic (exact) mass is 461 g/mol. The highest BCUT2D eigenvalue weighted by Crippen LogP contribution is 2.25. The van der Waals surface area contributed by atoms with Gasteiger partial charge in [-0.25, -0.2) is 0 Å². The Labute approximate surface area is 189 Å². The van der Waals surface area contributed by atoms with E-state index in [0.29, 0.717) is 20.8 Å². The fourth-order valence-electron chi connectivity index (χ4n) is 2.37. The largest absolute Gasteiger partial charge is 0.332 e. The molecule has 0 bridgehead atoms. The van der Waals surface area contributed by atoms with Crippen LogP contribution in [0.2, 0.25) is 10.0 Å². The molecule has 1 amide bonds. The smallest absolute Gasteiger partial charge is 0.234 e. The van der Waals surface area contributed by atoms with Crippen LogP contribution in [0.3, 0.4) is 0 Å². The van der Waals surface area contributed by atoms with Gasteiger partial charge in [0.1, 0.15) is 0 Å². The highest BCUT2D eigenvalue weighted by Gasteiger charge is 2.06. The van der Waals surface area contributed by atoms with E-state index in [4.69, 9.17) is 35.4 Å². The third-order valence-corrected chi connectivity index (χ3v) is 5.67. The molecule has 0 aliphatic rings. The van der Waals surface area contributed by atoms with Crippen LogP contribution in [0.25, 0.3) is 0 Å². The molecule has 4 nitrogen and oxygen atoms in total. The first-order chi connectivity index (χ1) is 14.0. The Morgan fingerprint density at radius 1 is 0.793 bits per heavy atom. The number of hydrogen-bond acceptors (Lipinski definition) is 3. The van der Waals surface area contributed by atoms with E-state index in [1.807, 2.05) is 54.6 Å². The van der Waals surface area contributed by atoms with E-state index in [0.717, 1.165) is 16.3 Å². The van der Waals surface area contributed by atoms with Gasteiger partial charge in [-0.3, -0.25) is 4.79 Å². The molecule has 0 aliphatic carbocycles. The molecule has 29 heavy (non-hydrogen) atoms. The Morgan fingerprint density at radius 2 is 1.41 bits per heavy atom. The zero-order valence-corrected chi connectivity index (χ0v) is 18.3. The highest BCUT2D eigenvalue weighted by molar-refractivity contribution is 8.00. The van der Waals surface area contributed by atoms with E-state index in [1.165, 1.54) is 11.8 Å². The molecule has 0 unspecified atom stereocenters. The molecule has 0 heterocycles. The molecule has 3 aromatic carbocycles. The molecular weight excluding hydrogens is 445 g/mol. The Morgan fingerprint density at radius 3 is 2.07 bits per heavy atom. The van der Waals surface area contributed by atoms with Crippen LogP contribution in [0, 0.1) is 0 Å². The van der Waals surface area contributed by atoms with E-state index in [2.05, 4.69) is 16.0 Å². The van der Waals surface area contributed by atoms with Crippen molar-refractivity contribution < 1.29 is 4.79 Å². The molecule has 3 N–H and O–H groups in total. The summed E-state index contributed by atoms with van der Waals surface area (Å²) in [4.78, 5) is 13.1. The number of hydrogen-bond donors (Lipinski definition) is 3. The lowest BCUT2D eigenvalue weighted by molar-refractivity contribution is -0.113. The van der Waals surface area contributed by atoms with E-state index in [1.54, 1.807) is 18.2 Å². The third kappa shape index (κ3) is 6.94. The lowest BCUT2D eigenvalue weighted by Crippen LogP contribution is -2.18. The molecule has 148 valence electrons. The molecule has 8 heteroatoms. The van der Waals surface area contributed by atoms with E-state index in [-0.39, 0.29) is 11.7 Å². The van der Waals surface area contributed by atoms with E-state index < -0.39 is 0 Å². The molecule has 0 saturated heterocycles. The number of thiocarbonyl (C=S) groups is 1. The number of nitrogens with one attached hydrogen (secondary N) is 3. The minimum atomic E-state index is -0.121. The fourth-order valence-corrected chi connectivity index (χ4v) is 3.60. The number of carbonyl (C=O) groups excluding carboxylic acids is 1. The average molecular weight is 462 g/mol. The summed E-state index contributed by atoms with van der Waals surface area (Å²) in [6.45, 7) is 0. The number of para-hydroxylation sites is 1. The van der Waals surface area contributed by atoms with Crippen LogP contribution in [0.1, 0.15) is 0 Å². The summed E-state index contributed by atoms with van der Waals surface area (Å²) in [5, 5.41) is 10.4. The summed E-state index contributed by atoms with van der Waals surface area (Å²) in [5.74, 6) is 0.157. The van der Waals surface area contributed by atoms with Gasteiger partial charge in [0, 0.05) is 22.0 Å². The van der Waals surface area contributed by atoms with Crippen LogP contribution in [0.15, 0.2) is 77.7 Å². The first-order valence-corrected chi connectivity index (χ1v) is 10.8. The summed E-state index contributed by atoms with van der Waals surface area (Å²) in [5.41, 5.74) is 2.40. The number of amides is 1. The van der Waals surface area contributed by atoms with Gasteiger partial charge in [-0.05, 0) is 66.8 Å². The Kier molecular flexibility index (Phi) is 7.77. The normalized spacial score (nSPS) is 10.3. The van der Waals surface area contributed by atoms with Crippen molar-refractivity contribution in [2.45, 2.75) is 4.90 Å². The molecule has 0 aromatic heterocycles. The predicted octanol–water partition coefficient (Wildman–Crippen LogP) is 6.53. The lowest BCUT2D eigenvalue weighted by atomic mass is 10.3. The molecule has 3 rings (SSSR count). The van der Waals surface area contributed by atoms with Crippen molar-refractivity contribution in [2.75, 3.05) is 21.7 Å². The second-order valence-electron chi connectivity index (χ2n) is 5.94. The molecule has 0 fully saturated rings. The molecule has 0 aliphatic heterocycles. The van der Waals surface area contributed by atoms with Crippen molar-refractivity contribution in [1.29, 1.82) is 0 Å². The van der Waals surface area contributed by atoms with Gasteiger partial charge in [0.15, 0.2) is 5.11 Å². The first-order valence-electron chi connectivity index (χ1n) is 8.60. The first kappa shape index (κ1) is 21.5. The average Bonchev–Trinajstić information content (AvgIpc) is 2.71. The van der Waals surface area contributed by atoms with Crippen LogP contribution in [0.4, 0.5) is 17.1 Å². The van der Waals surface area contributed by atoms with Crippen LogP contribution < -0.4 is 16.0 Å². The zero-order chi connectivity index (χ0) is 20.6. The van der Waals surface area contributed by atoms with Crippen molar-refractivity contribution in [3.63, 3.8) is 0 Å². The van der Waals surface area contributed by atoms with Crippen molar-refractivity contribution in [1.82, 2.24) is 0 Å². The molecule has 0 radical (unpaired) electrons. The number of benzene rings is 3. The summed E-state index contributed by atoms with van der Waals surface area (Å²) in [6.07, 6.45) is 0. The summed E-state index contributed by atoms with van der Waals surface area (Å²) in [6, 6.07) is 22.4. The highest BCUT2D eigenvalue weighted by atomic mass is 35.5.